The maximum Gasteiger partial charge on any atom is 0.309 e. The van der Waals surface area contributed by atoms with E-state index in [4.69, 9.17) is 4.74 Å². The van der Waals surface area contributed by atoms with Crippen LogP contribution in [0.4, 0.5) is 0 Å². The predicted molar refractivity (Wildman–Crippen MR) is 74.5 cm³/mol. The van der Waals surface area contributed by atoms with Gasteiger partial charge in [-0.2, -0.15) is 0 Å². The second-order valence-electron chi connectivity index (χ2n) is 5.94. The van der Waals surface area contributed by atoms with Gasteiger partial charge >= 0.3 is 5.97 Å². The molecule has 1 atom stereocenters. The van der Waals surface area contributed by atoms with Gasteiger partial charge in [0, 0.05) is 19.1 Å². The Hall–Kier alpha value is -0.570. The highest BCUT2D eigenvalue weighted by molar-refractivity contribution is 5.72. The molecule has 0 aromatic rings. The smallest absolute Gasteiger partial charge is 0.309 e. The molecule has 0 saturated heterocycles. The molecule has 18 heavy (non-hydrogen) atoms. The summed E-state index contributed by atoms with van der Waals surface area (Å²) in [7, 11) is 0. The van der Waals surface area contributed by atoms with Crippen LogP contribution in [0.1, 0.15) is 53.4 Å². The third kappa shape index (κ3) is 4.97. The van der Waals surface area contributed by atoms with E-state index in [0.717, 1.165) is 13.1 Å². The van der Waals surface area contributed by atoms with E-state index in [1.807, 2.05) is 13.8 Å². The summed E-state index contributed by atoms with van der Waals surface area (Å²) in [6, 6.07) is 0.685. The highest BCUT2D eigenvalue weighted by atomic mass is 16.5. The molecular weight excluding hydrogens is 226 g/mol. The summed E-state index contributed by atoms with van der Waals surface area (Å²) in [6.07, 6.45) is 5.27. The number of nitrogens with zero attached hydrogens (tertiary/aromatic N) is 1. The van der Waals surface area contributed by atoms with Crippen LogP contribution in [0.5, 0.6) is 0 Å². The monoisotopic (exact) mass is 255 g/mol. The van der Waals surface area contributed by atoms with Gasteiger partial charge in [0.1, 0.15) is 0 Å². The summed E-state index contributed by atoms with van der Waals surface area (Å²) in [5, 5.41) is 0. The van der Waals surface area contributed by atoms with Gasteiger partial charge in [-0.3, -0.25) is 9.69 Å². The number of ether oxygens (including phenoxy) is 1. The van der Waals surface area contributed by atoms with Crippen molar-refractivity contribution in [3.8, 4) is 0 Å². The summed E-state index contributed by atoms with van der Waals surface area (Å²) in [5.74, 6) is 0.591. The molecule has 0 radical (unpaired) electrons. The van der Waals surface area contributed by atoms with Crippen LogP contribution < -0.4 is 0 Å². The van der Waals surface area contributed by atoms with Crippen molar-refractivity contribution in [2.75, 3.05) is 19.7 Å². The molecule has 0 spiro atoms. The fourth-order valence-corrected chi connectivity index (χ4v) is 2.82. The standard InChI is InChI=1S/C15H29NO2/c1-5-18-15(17)13(4)11-16(10-12(2)3)14-8-6-7-9-14/h12-14H,5-11H2,1-4H3. The van der Waals surface area contributed by atoms with Gasteiger partial charge in [-0.1, -0.05) is 33.6 Å². The first-order chi connectivity index (χ1) is 8.54. The highest BCUT2D eigenvalue weighted by Gasteiger charge is 2.26. The number of carbonyl (C=O) groups excluding carboxylic acids is 1. The quantitative estimate of drug-likeness (QED) is 0.655. The van der Waals surface area contributed by atoms with Crippen molar-refractivity contribution >= 4 is 5.97 Å². The summed E-state index contributed by atoms with van der Waals surface area (Å²) in [6.45, 7) is 10.8. The van der Waals surface area contributed by atoms with Crippen LogP contribution in [0.15, 0.2) is 0 Å². The summed E-state index contributed by atoms with van der Waals surface area (Å²) < 4.78 is 5.11. The predicted octanol–water partition coefficient (Wildman–Crippen LogP) is 3.09. The van der Waals surface area contributed by atoms with Crippen molar-refractivity contribution in [2.24, 2.45) is 11.8 Å². The first-order valence-electron chi connectivity index (χ1n) is 7.45. The van der Waals surface area contributed by atoms with Crippen LogP contribution in [-0.2, 0) is 9.53 Å². The Balaban J connectivity index is 2.51. The van der Waals surface area contributed by atoms with E-state index in [-0.39, 0.29) is 11.9 Å². The number of rotatable bonds is 7. The van der Waals surface area contributed by atoms with Crippen LogP contribution >= 0.6 is 0 Å². The molecule has 0 amide bonds. The lowest BCUT2D eigenvalue weighted by molar-refractivity contribution is -0.148. The van der Waals surface area contributed by atoms with Gasteiger partial charge in [0.25, 0.3) is 0 Å². The molecule has 1 fully saturated rings. The molecule has 0 N–H and O–H groups in total. The molecule has 0 bridgehead atoms. The van der Waals surface area contributed by atoms with Gasteiger partial charge in [0.15, 0.2) is 0 Å². The second-order valence-corrected chi connectivity index (χ2v) is 5.94. The van der Waals surface area contributed by atoms with Crippen LogP contribution in [0.25, 0.3) is 0 Å². The zero-order valence-corrected chi connectivity index (χ0v) is 12.4. The van der Waals surface area contributed by atoms with Crippen molar-refractivity contribution in [3.63, 3.8) is 0 Å². The van der Waals surface area contributed by atoms with Gasteiger partial charge in [0.2, 0.25) is 0 Å². The van der Waals surface area contributed by atoms with Crippen molar-refractivity contribution in [2.45, 2.75) is 59.4 Å². The SMILES string of the molecule is CCOC(=O)C(C)CN(CC(C)C)C1CCCC1. The molecule has 106 valence electrons. The number of hydrogen-bond donors (Lipinski definition) is 0. The first kappa shape index (κ1) is 15.5. The Bertz CT molecular complexity index is 247. The van der Waals surface area contributed by atoms with Crippen LogP contribution in [0.3, 0.4) is 0 Å². The molecular formula is C15H29NO2. The molecule has 1 aliphatic carbocycles. The Morgan fingerprint density at radius 1 is 1.22 bits per heavy atom. The third-order valence-corrected chi connectivity index (χ3v) is 3.64. The van der Waals surface area contributed by atoms with Gasteiger partial charge < -0.3 is 4.74 Å². The van der Waals surface area contributed by atoms with Crippen molar-refractivity contribution < 1.29 is 9.53 Å². The maximum absolute atomic E-state index is 11.7. The minimum Gasteiger partial charge on any atom is -0.466 e. The average molecular weight is 255 g/mol. The van der Waals surface area contributed by atoms with E-state index in [9.17, 15) is 4.79 Å². The van der Waals surface area contributed by atoms with Gasteiger partial charge in [-0.05, 0) is 25.7 Å². The van der Waals surface area contributed by atoms with E-state index in [1.54, 1.807) is 0 Å². The molecule has 1 unspecified atom stereocenters. The average Bonchev–Trinajstić information content (AvgIpc) is 2.81. The molecule has 3 nitrogen and oxygen atoms in total. The Kier molecular flexibility index (Phi) is 6.69. The Morgan fingerprint density at radius 2 is 1.83 bits per heavy atom. The fraction of sp³-hybridized carbons (Fsp3) is 0.933. The van der Waals surface area contributed by atoms with Crippen molar-refractivity contribution in [3.05, 3.63) is 0 Å². The molecule has 3 heteroatoms. The van der Waals surface area contributed by atoms with Crippen LogP contribution in [0, 0.1) is 11.8 Å². The molecule has 1 saturated carbocycles. The Morgan fingerprint density at radius 3 is 2.33 bits per heavy atom. The van der Waals surface area contributed by atoms with E-state index < -0.39 is 0 Å². The van der Waals surface area contributed by atoms with E-state index in [0.29, 0.717) is 18.6 Å². The van der Waals surface area contributed by atoms with Crippen molar-refractivity contribution in [1.82, 2.24) is 4.90 Å². The lowest BCUT2D eigenvalue weighted by atomic mass is 10.1. The largest absolute Gasteiger partial charge is 0.466 e. The maximum atomic E-state index is 11.7. The molecule has 1 aliphatic rings. The third-order valence-electron chi connectivity index (χ3n) is 3.64. The molecule has 0 aromatic carbocycles. The topological polar surface area (TPSA) is 29.5 Å². The van der Waals surface area contributed by atoms with E-state index >= 15 is 0 Å². The number of esters is 1. The summed E-state index contributed by atoms with van der Waals surface area (Å²) >= 11 is 0. The fourth-order valence-electron chi connectivity index (χ4n) is 2.82. The number of carbonyl (C=O) groups is 1. The highest BCUT2D eigenvalue weighted by Crippen LogP contribution is 2.25. The molecule has 0 aliphatic heterocycles. The second kappa shape index (κ2) is 7.78. The van der Waals surface area contributed by atoms with Crippen LogP contribution in [-0.4, -0.2) is 36.6 Å². The summed E-state index contributed by atoms with van der Waals surface area (Å²) in [4.78, 5) is 14.2. The Labute approximate surface area is 112 Å². The minimum atomic E-state index is -0.0516. The van der Waals surface area contributed by atoms with Crippen LogP contribution in [0.2, 0.25) is 0 Å². The zero-order valence-electron chi connectivity index (χ0n) is 12.4. The first-order valence-corrected chi connectivity index (χ1v) is 7.45. The normalized spacial score (nSPS) is 18.6. The zero-order chi connectivity index (χ0) is 13.5. The summed E-state index contributed by atoms with van der Waals surface area (Å²) in [5.41, 5.74) is 0. The van der Waals surface area contributed by atoms with Gasteiger partial charge in [-0.25, -0.2) is 0 Å². The van der Waals surface area contributed by atoms with Crippen molar-refractivity contribution in [1.29, 1.82) is 0 Å². The molecule has 0 heterocycles. The van der Waals surface area contributed by atoms with E-state index in [2.05, 4.69) is 18.7 Å². The van der Waals surface area contributed by atoms with Gasteiger partial charge in [0.05, 0.1) is 12.5 Å². The van der Waals surface area contributed by atoms with E-state index in [1.165, 1.54) is 25.7 Å². The van der Waals surface area contributed by atoms with Gasteiger partial charge in [-0.15, -0.1) is 0 Å². The number of hydrogen-bond acceptors (Lipinski definition) is 3. The molecule has 1 rings (SSSR count). The lowest BCUT2D eigenvalue weighted by Gasteiger charge is -2.32. The lowest BCUT2D eigenvalue weighted by Crippen LogP contribution is -2.41. The minimum absolute atomic E-state index is 0.00991. The molecule has 0 aromatic heterocycles.